The molecule has 23 heteroatoms. The number of benzene rings is 2. The van der Waals surface area contributed by atoms with Gasteiger partial charge >= 0.3 is 12.4 Å². The summed E-state index contributed by atoms with van der Waals surface area (Å²) < 4.78 is 158. The molecule has 1 aliphatic rings. The highest BCUT2D eigenvalue weighted by Crippen LogP contribution is 2.47. The zero-order valence-electron chi connectivity index (χ0n) is 38.0. The lowest BCUT2D eigenvalue weighted by Crippen LogP contribution is -2.35. The first-order valence-electron chi connectivity index (χ1n) is 20.7. The topological polar surface area (TPSA) is 115 Å². The molecule has 0 aliphatic heterocycles. The molecule has 10 nitrogen and oxygen atoms in total. The fraction of sp³-hybridized carbons (Fsp3) is 0.444. The van der Waals surface area contributed by atoms with Crippen molar-refractivity contribution < 1.29 is 57.7 Å². The predicted octanol–water partition coefficient (Wildman–Crippen LogP) is 11.1. The van der Waals surface area contributed by atoms with Crippen LogP contribution >= 0.6 is 23.5 Å². The van der Waals surface area contributed by atoms with Crippen molar-refractivity contribution in [1.29, 1.82) is 0 Å². The van der Waals surface area contributed by atoms with Crippen molar-refractivity contribution >= 4 is 62.9 Å². The minimum Gasteiger partial charge on any atom is -0.346 e. The van der Waals surface area contributed by atoms with Crippen molar-refractivity contribution in [2.24, 2.45) is 5.41 Å². The van der Waals surface area contributed by atoms with Crippen LogP contribution in [-0.4, -0.2) is 64.0 Å². The third kappa shape index (κ3) is 11.8. The molecule has 68 heavy (non-hydrogen) atoms. The lowest BCUT2D eigenvalue weighted by molar-refractivity contribution is -0.143. The van der Waals surface area contributed by atoms with Gasteiger partial charge in [-0.05, 0) is 80.5 Å². The van der Waals surface area contributed by atoms with E-state index in [0.717, 1.165) is 28.4 Å². The second-order valence-electron chi connectivity index (χ2n) is 16.9. The van der Waals surface area contributed by atoms with Crippen molar-refractivity contribution in [1.82, 2.24) is 29.9 Å². The summed E-state index contributed by atoms with van der Waals surface area (Å²) in [4.78, 5) is 32.4. The van der Waals surface area contributed by atoms with Crippen LogP contribution in [0.5, 0.6) is 0 Å². The van der Waals surface area contributed by atoms with E-state index in [4.69, 9.17) is 11.6 Å². The first kappa shape index (κ1) is 53.8. The van der Waals surface area contributed by atoms with Crippen molar-refractivity contribution in [3.63, 3.8) is 0 Å². The van der Waals surface area contributed by atoms with E-state index in [-0.39, 0.29) is 54.5 Å². The molecule has 0 saturated carbocycles. The van der Waals surface area contributed by atoms with E-state index in [1.165, 1.54) is 36.8 Å². The Morgan fingerprint density at radius 3 is 2.13 bits per heavy atom. The smallest absolute Gasteiger partial charge is 0.346 e. The van der Waals surface area contributed by atoms with E-state index in [2.05, 4.69) is 32.3 Å². The van der Waals surface area contributed by atoms with Gasteiger partial charge < -0.3 is 5.32 Å². The molecule has 2 aromatic carbocycles. The highest BCUT2D eigenvalue weighted by atomic mass is 35.5. The summed E-state index contributed by atoms with van der Waals surface area (Å²) >= 11 is 7.58. The maximum Gasteiger partial charge on any atom is 0.435 e. The van der Waals surface area contributed by atoms with Crippen LogP contribution in [-0.2, 0) is 58.4 Å². The monoisotopic (exact) mass is 1020 g/mol. The van der Waals surface area contributed by atoms with Gasteiger partial charge in [0.25, 0.3) is 5.92 Å². The predicted molar refractivity (Wildman–Crippen MR) is 241 cm³/mol. The first-order chi connectivity index (χ1) is 31.4. The van der Waals surface area contributed by atoms with Crippen LogP contribution in [0.25, 0.3) is 22.0 Å². The molecule has 0 spiro atoms. The zero-order chi connectivity index (χ0) is 51.1. The average molecular weight is 1020 g/mol. The minimum absolute atomic E-state index is 0.0682. The van der Waals surface area contributed by atoms with E-state index in [1.807, 2.05) is 13.8 Å². The molecule has 2 atom stereocenters. The molecule has 0 bridgehead atoms. The Bertz CT molecular complexity index is 2800. The second kappa shape index (κ2) is 20.1. The molecule has 0 saturated heterocycles. The van der Waals surface area contributed by atoms with E-state index in [9.17, 15) is 48.9 Å². The normalized spacial score (nSPS) is 14.6. The third-order valence-electron chi connectivity index (χ3n) is 10.5. The van der Waals surface area contributed by atoms with E-state index < -0.39 is 118 Å². The molecule has 3 heterocycles. The quantitative estimate of drug-likeness (QED) is 0.0796. The summed E-state index contributed by atoms with van der Waals surface area (Å²) in [5, 5.41) is 9.88. The van der Waals surface area contributed by atoms with Gasteiger partial charge in [-0.25, -0.2) is 18.1 Å². The second-order valence-corrected chi connectivity index (χ2v) is 20.0. The number of nitrogens with one attached hydrogen (secondary N) is 1. The number of carbonyl (C=O) groups is 2. The lowest BCUT2D eigenvalue weighted by Gasteiger charge is -2.26. The Labute approximate surface area is 397 Å². The van der Waals surface area contributed by atoms with E-state index in [1.54, 1.807) is 34.6 Å². The molecule has 2 unspecified atom stereocenters. The van der Waals surface area contributed by atoms with Gasteiger partial charge in [0, 0.05) is 57.9 Å². The molecule has 6 rings (SSSR count). The van der Waals surface area contributed by atoms with Gasteiger partial charge in [-0.15, -0.1) is 0 Å². The molecule has 2 amide bonds. The number of nitrogens with zero attached hydrogens (tertiary/aromatic N) is 6. The van der Waals surface area contributed by atoms with Gasteiger partial charge in [-0.2, -0.15) is 45.3 Å². The van der Waals surface area contributed by atoms with Gasteiger partial charge in [0.05, 0.1) is 27.7 Å². The van der Waals surface area contributed by atoms with Crippen molar-refractivity contribution in [3.8, 4) is 23.0 Å². The van der Waals surface area contributed by atoms with Gasteiger partial charge in [0.2, 0.25) is 11.8 Å². The summed E-state index contributed by atoms with van der Waals surface area (Å²) in [6, 6.07) is 6.06. The number of hydrogen-bond acceptors (Lipinski definition) is 7. The van der Waals surface area contributed by atoms with Gasteiger partial charge in [-0.1, -0.05) is 58.2 Å². The molecule has 0 radical (unpaired) electrons. The maximum absolute atomic E-state index is 15.1. The SMILES string of the molecule is CC.CSN(C(=O)C(C)(C)C)c1nn(CC(F)(F)F)c2c(-c3ccc(C#CC(C)(C)S(C)=O)nc3C(Cc3cc(F)cc(F)c3)NC(=O)Cn3nc(C(F)(F)F)c4c3C(F)(F)CC4)ccc(Cl)c12. The molecular formula is C45H46ClF10N7O3S2. The standard InChI is InChI=1S/C43H40ClF10N7O3S2.C2H6/c1-39(2,3)38(63)61(65-6)37-32-29(44)11-10-27(34(32)60(58-37)21-42(49,50)51)26-9-8-25(12-14-40(4,5)66(7)64)55-33(26)30(18-22-16-23(45)19-24(46)17-22)56-31(62)20-59-36-28(13-15-41(36,47)48)35(57-59)43(52,53)54;1-2/h8-11,16-17,19,30H,13,15,18,20-21H2,1-7H3,(H,56,62);1-2H3. The Morgan fingerprint density at radius 1 is 0.956 bits per heavy atom. The average Bonchev–Trinajstić information content (AvgIpc) is 3.88. The zero-order valence-corrected chi connectivity index (χ0v) is 40.4. The molecule has 368 valence electrons. The molecule has 3 aromatic heterocycles. The van der Waals surface area contributed by atoms with Crippen LogP contribution in [0.1, 0.15) is 94.8 Å². The third-order valence-corrected chi connectivity index (χ3v) is 13.0. The fourth-order valence-corrected chi connectivity index (χ4v) is 8.42. The number of halogens is 11. The van der Waals surface area contributed by atoms with Gasteiger partial charge in [-0.3, -0.25) is 23.2 Å². The van der Waals surface area contributed by atoms with E-state index >= 15 is 8.78 Å². The molecular weight excluding hydrogens is 976 g/mol. The lowest BCUT2D eigenvalue weighted by atomic mass is 9.93. The number of amides is 2. The molecule has 1 N–H and O–H groups in total. The number of aromatic nitrogens is 5. The Morgan fingerprint density at radius 2 is 1.57 bits per heavy atom. The number of pyridine rings is 1. The summed E-state index contributed by atoms with van der Waals surface area (Å²) in [6.45, 7) is 8.97. The van der Waals surface area contributed by atoms with Gasteiger partial charge in [0.15, 0.2) is 11.5 Å². The Kier molecular flexibility index (Phi) is 15.9. The van der Waals surface area contributed by atoms with Crippen LogP contribution in [0.4, 0.5) is 49.7 Å². The Balaban J connectivity index is 0.00000426. The summed E-state index contributed by atoms with van der Waals surface area (Å²) in [6.07, 6.45) is -9.40. The van der Waals surface area contributed by atoms with Crippen molar-refractivity contribution in [3.05, 3.63) is 93.0 Å². The molecule has 5 aromatic rings. The highest BCUT2D eigenvalue weighted by molar-refractivity contribution is 8.00. The number of anilines is 1. The fourth-order valence-electron chi connectivity index (χ4n) is 7.24. The van der Waals surface area contributed by atoms with Crippen molar-refractivity contribution in [2.75, 3.05) is 16.8 Å². The van der Waals surface area contributed by atoms with Gasteiger partial charge in [0.1, 0.15) is 40.9 Å². The first-order valence-corrected chi connectivity index (χ1v) is 23.9. The minimum atomic E-state index is -5.16. The number of rotatable bonds is 11. The van der Waals surface area contributed by atoms with Crippen LogP contribution < -0.4 is 9.62 Å². The van der Waals surface area contributed by atoms with Crippen LogP contribution in [0.2, 0.25) is 5.02 Å². The largest absolute Gasteiger partial charge is 0.435 e. The number of alkyl halides is 8. The summed E-state index contributed by atoms with van der Waals surface area (Å²) in [5.74, 6) is -2.34. The highest BCUT2D eigenvalue weighted by Gasteiger charge is 2.50. The number of hydrogen-bond donors (Lipinski definition) is 1. The van der Waals surface area contributed by atoms with Crippen LogP contribution in [0.15, 0.2) is 42.5 Å². The molecule has 0 fully saturated rings. The van der Waals surface area contributed by atoms with Crippen molar-refractivity contribution in [2.45, 2.75) is 110 Å². The van der Waals surface area contributed by atoms with Crippen LogP contribution in [0, 0.1) is 28.9 Å². The number of carbonyl (C=O) groups excluding carboxylic acids is 2. The van der Waals surface area contributed by atoms with Crippen LogP contribution in [0.3, 0.4) is 0 Å². The number of fused-ring (bicyclic) bond motifs is 2. The molecule has 1 aliphatic carbocycles. The van der Waals surface area contributed by atoms with E-state index in [0.29, 0.717) is 10.7 Å². The summed E-state index contributed by atoms with van der Waals surface area (Å²) in [5.41, 5.74) is -5.47. The maximum atomic E-state index is 15.1. The Hall–Kier alpha value is -5.14. The summed E-state index contributed by atoms with van der Waals surface area (Å²) in [7, 11) is -1.51.